The highest BCUT2D eigenvalue weighted by Crippen LogP contribution is 2.31. The second-order valence-corrected chi connectivity index (χ2v) is 8.32. The van der Waals surface area contributed by atoms with E-state index in [9.17, 15) is 9.59 Å². The normalized spacial score (nSPS) is 17.6. The third-order valence-corrected chi connectivity index (χ3v) is 6.16. The van der Waals surface area contributed by atoms with Crippen LogP contribution in [-0.4, -0.2) is 52.8 Å². The van der Waals surface area contributed by atoms with Gasteiger partial charge in [-0.05, 0) is 63.8 Å². The van der Waals surface area contributed by atoms with Gasteiger partial charge in [-0.25, -0.2) is 0 Å². The van der Waals surface area contributed by atoms with E-state index in [1.54, 1.807) is 0 Å². The molecule has 0 N–H and O–H groups in total. The highest BCUT2D eigenvalue weighted by molar-refractivity contribution is 5.96. The number of aromatic nitrogens is 1. The summed E-state index contributed by atoms with van der Waals surface area (Å²) in [6.07, 6.45) is 3.85. The SMILES string of the molecule is Cc1ccc(C(=O)N2CCC(c3nc(C)ccc3C(=O)N3CCCC3)CC2)cc1. The van der Waals surface area contributed by atoms with Gasteiger partial charge in [0.15, 0.2) is 0 Å². The quantitative estimate of drug-likeness (QED) is 0.796. The van der Waals surface area contributed by atoms with Gasteiger partial charge in [-0.3, -0.25) is 14.6 Å². The summed E-state index contributed by atoms with van der Waals surface area (Å²) in [4.78, 5) is 34.5. The van der Waals surface area contributed by atoms with Gasteiger partial charge in [0.25, 0.3) is 11.8 Å². The first-order valence-corrected chi connectivity index (χ1v) is 10.7. The molecule has 152 valence electrons. The fourth-order valence-corrected chi connectivity index (χ4v) is 4.39. The number of benzene rings is 1. The Morgan fingerprint density at radius 3 is 2.10 bits per heavy atom. The number of likely N-dealkylation sites (tertiary alicyclic amines) is 2. The number of rotatable bonds is 3. The van der Waals surface area contributed by atoms with E-state index in [4.69, 9.17) is 4.98 Å². The number of carbonyl (C=O) groups excluding carboxylic acids is 2. The van der Waals surface area contributed by atoms with Crippen LogP contribution in [-0.2, 0) is 0 Å². The number of piperidine rings is 1. The van der Waals surface area contributed by atoms with Crippen LogP contribution in [0.25, 0.3) is 0 Å². The van der Waals surface area contributed by atoms with Crippen molar-refractivity contribution in [1.82, 2.24) is 14.8 Å². The molecule has 29 heavy (non-hydrogen) atoms. The van der Waals surface area contributed by atoms with E-state index in [2.05, 4.69) is 0 Å². The maximum atomic E-state index is 13.0. The van der Waals surface area contributed by atoms with Crippen molar-refractivity contribution in [3.63, 3.8) is 0 Å². The van der Waals surface area contributed by atoms with Crippen LogP contribution >= 0.6 is 0 Å². The van der Waals surface area contributed by atoms with Crippen molar-refractivity contribution in [3.05, 3.63) is 64.5 Å². The Bertz CT molecular complexity index is 893. The Balaban J connectivity index is 1.48. The summed E-state index contributed by atoms with van der Waals surface area (Å²) in [5, 5.41) is 0. The average molecular weight is 392 g/mol. The van der Waals surface area contributed by atoms with Crippen molar-refractivity contribution in [3.8, 4) is 0 Å². The van der Waals surface area contributed by atoms with E-state index in [-0.39, 0.29) is 17.7 Å². The van der Waals surface area contributed by atoms with Gasteiger partial charge in [0, 0.05) is 43.4 Å². The Labute approximate surface area is 172 Å². The molecule has 0 unspecified atom stereocenters. The monoisotopic (exact) mass is 391 g/mol. The minimum atomic E-state index is 0.0917. The molecule has 2 aromatic rings. The van der Waals surface area contributed by atoms with E-state index >= 15 is 0 Å². The molecular formula is C24H29N3O2. The number of nitrogens with zero attached hydrogens (tertiary/aromatic N) is 3. The topological polar surface area (TPSA) is 53.5 Å². The fraction of sp³-hybridized carbons (Fsp3) is 0.458. The Kier molecular flexibility index (Phi) is 5.65. The van der Waals surface area contributed by atoms with Crippen LogP contribution in [0.3, 0.4) is 0 Å². The molecule has 2 saturated heterocycles. The lowest BCUT2D eigenvalue weighted by atomic mass is 9.89. The summed E-state index contributed by atoms with van der Waals surface area (Å²) in [6, 6.07) is 11.6. The van der Waals surface area contributed by atoms with Crippen molar-refractivity contribution < 1.29 is 9.59 Å². The highest BCUT2D eigenvalue weighted by Gasteiger charge is 2.30. The molecule has 2 amide bonds. The van der Waals surface area contributed by atoms with Gasteiger partial charge in [-0.15, -0.1) is 0 Å². The molecular weight excluding hydrogens is 362 g/mol. The van der Waals surface area contributed by atoms with Crippen molar-refractivity contribution in [2.24, 2.45) is 0 Å². The van der Waals surface area contributed by atoms with Crippen LogP contribution in [0.5, 0.6) is 0 Å². The molecule has 2 fully saturated rings. The van der Waals surface area contributed by atoms with Crippen molar-refractivity contribution in [1.29, 1.82) is 0 Å². The van der Waals surface area contributed by atoms with Gasteiger partial charge in [-0.2, -0.15) is 0 Å². The molecule has 4 rings (SSSR count). The van der Waals surface area contributed by atoms with E-state index in [0.717, 1.165) is 66.9 Å². The largest absolute Gasteiger partial charge is 0.339 e. The number of carbonyl (C=O) groups is 2. The lowest BCUT2D eigenvalue weighted by Crippen LogP contribution is -2.38. The van der Waals surface area contributed by atoms with Gasteiger partial charge < -0.3 is 9.80 Å². The van der Waals surface area contributed by atoms with Gasteiger partial charge in [0.05, 0.1) is 11.3 Å². The Morgan fingerprint density at radius 1 is 0.828 bits per heavy atom. The molecule has 0 spiro atoms. The molecule has 2 aliphatic rings. The molecule has 1 aromatic heterocycles. The summed E-state index contributed by atoms with van der Waals surface area (Å²) < 4.78 is 0. The van der Waals surface area contributed by atoms with Crippen molar-refractivity contribution in [2.45, 2.75) is 45.4 Å². The maximum Gasteiger partial charge on any atom is 0.255 e. The molecule has 2 aliphatic heterocycles. The molecule has 3 heterocycles. The standard InChI is InChI=1S/C24H29N3O2/c1-17-5-8-20(9-6-17)23(28)27-15-11-19(12-16-27)22-21(10-7-18(2)25-22)24(29)26-13-3-4-14-26/h5-10,19H,3-4,11-16H2,1-2H3. The first-order valence-electron chi connectivity index (χ1n) is 10.7. The maximum absolute atomic E-state index is 13.0. The minimum absolute atomic E-state index is 0.0917. The molecule has 0 radical (unpaired) electrons. The summed E-state index contributed by atoms with van der Waals surface area (Å²) in [5.41, 5.74) is 4.51. The number of pyridine rings is 1. The van der Waals surface area contributed by atoms with E-state index < -0.39 is 0 Å². The van der Waals surface area contributed by atoms with E-state index in [0.29, 0.717) is 13.1 Å². The lowest BCUT2D eigenvalue weighted by molar-refractivity contribution is 0.0707. The Hall–Kier alpha value is -2.69. The zero-order chi connectivity index (χ0) is 20.4. The molecule has 0 aliphatic carbocycles. The van der Waals surface area contributed by atoms with Gasteiger partial charge in [0.2, 0.25) is 0 Å². The fourth-order valence-electron chi connectivity index (χ4n) is 4.39. The van der Waals surface area contributed by atoms with Gasteiger partial charge in [0.1, 0.15) is 0 Å². The number of hydrogen-bond donors (Lipinski definition) is 0. The zero-order valence-electron chi connectivity index (χ0n) is 17.4. The predicted molar refractivity (Wildman–Crippen MR) is 113 cm³/mol. The van der Waals surface area contributed by atoms with Crippen LogP contribution in [0.2, 0.25) is 0 Å². The number of hydrogen-bond acceptors (Lipinski definition) is 3. The summed E-state index contributed by atoms with van der Waals surface area (Å²) in [6.45, 7) is 7.08. The molecule has 5 nitrogen and oxygen atoms in total. The molecule has 0 atom stereocenters. The minimum Gasteiger partial charge on any atom is -0.339 e. The van der Waals surface area contributed by atoms with E-state index in [1.165, 1.54) is 0 Å². The number of aryl methyl sites for hydroxylation is 2. The average Bonchev–Trinajstić information content (AvgIpc) is 3.28. The first kappa shape index (κ1) is 19.6. The van der Waals surface area contributed by atoms with Gasteiger partial charge in [-0.1, -0.05) is 17.7 Å². The van der Waals surface area contributed by atoms with Gasteiger partial charge >= 0.3 is 0 Å². The van der Waals surface area contributed by atoms with Crippen LogP contribution in [0.1, 0.15) is 69.3 Å². The second kappa shape index (κ2) is 8.36. The number of amides is 2. The van der Waals surface area contributed by atoms with Crippen molar-refractivity contribution in [2.75, 3.05) is 26.2 Å². The van der Waals surface area contributed by atoms with Crippen LogP contribution in [0.15, 0.2) is 36.4 Å². The Morgan fingerprint density at radius 2 is 1.45 bits per heavy atom. The molecule has 1 aromatic carbocycles. The zero-order valence-corrected chi connectivity index (χ0v) is 17.4. The molecule has 0 bridgehead atoms. The van der Waals surface area contributed by atoms with Crippen LogP contribution in [0, 0.1) is 13.8 Å². The van der Waals surface area contributed by atoms with Crippen LogP contribution < -0.4 is 0 Å². The lowest BCUT2D eigenvalue weighted by Gasteiger charge is -2.33. The third kappa shape index (κ3) is 4.19. The third-order valence-electron chi connectivity index (χ3n) is 6.16. The molecule has 5 heteroatoms. The first-order chi connectivity index (χ1) is 14.0. The predicted octanol–water partition coefficient (Wildman–Crippen LogP) is 3.95. The summed E-state index contributed by atoms with van der Waals surface area (Å²) in [5.74, 6) is 0.427. The summed E-state index contributed by atoms with van der Waals surface area (Å²) in [7, 11) is 0. The smallest absolute Gasteiger partial charge is 0.255 e. The highest BCUT2D eigenvalue weighted by atomic mass is 16.2. The second-order valence-electron chi connectivity index (χ2n) is 8.32. The van der Waals surface area contributed by atoms with Crippen molar-refractivity contribution >= 4 is 11.8 Å². The van der Waals surface area contributed by atoms with E-state index in [1.807, 2.05) is 60.0 Å². The van der Waals surface area contributed by atoms with Crippen LogP contribution in [0.4, 0.5) is 0 Å². The summed E-state index contributed by atoms with van der Waals surface area (Å²) >= 11 is 0. The molecule has 0 saturated carbocycles.